The SMILES string of the molecule is COc1cccc(OC)c1Oc1ccc(C)cc1C(=N)N. The van der Waals surface area contributed by atoms with Crippen molar-refractivity contribution in [1.82, 2.24) is 0 Å². The Morgan fingerprint density at radius 3 is 2.14 bits per heavy atom. The number of hydrogen-bond acceptors (Lipinski definition) is 4. The number of nitrogens with one attached hydrogen (secondary N) is 1. The minimum Gasteiger partial charge on any atom is -0.493 e. The number of aryl methyl sites for hydroxylation is 1. The van der Waals surface area contributed by atoms with Gasteiger partial charge in [-0.3, -0.25) is 5.41 Å². The van der Waals surface area contributed by atoms with Crippen LogP contribution in [0.1, 0.15) is 11.1 Å². The van der Waals surface area contributed by atoms with Crippen molar-refractivity contribution < 1.29 is 14.2 Å². The summed E-state index contributed by atoms with van der Waals surface area (Å²) in [7, 11) is 3.12. The summed E-state index contributed by atoms with van der Waals surface area (Å²) in [6.07, 6.45) is 0. The summed E-state index contributed by atoms with van der Waals surface area (Å²) in [5.41, 5.74) is 7.15. The second kappa shape index (κ2) is 6.17. The number of hydrogen-bond donors (Lipinski definition) is 2. The maximum atomic E-state index is 7.67. The van der Waals surface area contributed by atoms with Crippen molar-refractivity contribution in [1.29, 1.82) is 5.41 Å². The number of amidine groups is 1. The van der Waals surface area contributed by atoms with Gasteiger partial charge in [-0.2, -0.15) is 0 Å². The Hall–Kier alpha value is -2.69. The van der Waals surface area contributed by atoms with Crippen LogP contribution in [0.2, 0.25) is 0 Å². The maximum absolute atomic E-state index is 7.67. The fourth-order valence-electron chi connectivity index (χ4n) is 1.97. The van der Waals surface area contributed by atoms with Crippen LogP contribution in [0, 0.1) is 12.3 Å². The monoisotopic (exact) mass is 286 g/mol. The second-order valence-electron chi connectivity index (χ2n) is 4.51. The minimum absolute atomic E-state index is 0.0532. The Balaban J connectivity index is 2.50. The molecule has 0 amide bonds. The van der Waals surface area contributed by atoms with E-state index in [4.69, 9.17) is 25.4 Å². The van der Waals surface area contributed by atoms with Gasteiger partial charge < -0.3 is 19.9 Å². The van der Waals surface area contributed by atoms with E-state index in [2.05, 4.69) is 0 Å². The molecule has 5 nitrogen and oxygen atoms in total. The van der Waals surface area contributed by atoms with Gasteiger partial charge in [0, 0.05) is 0 Å². The van der Waals surface area contributed by atoms with Crippen LogP contribution in [0.4, 0.5) is 0 Å². The maximum Gasteiger partial charge on any atom is 0.211 e. The third-order valence-electron chi connectivity index (χ3n) is 3.02. The van der Waals surface area contributed by atoms with Crippen molar-refractivity contribution in [2.75, 3.05) is 14.2 Å². The summed E-state index contributed by atoms with van der Waals surface area (Å²) in [5.74, 6) is 1.97. The zero-order chi connectivity index (χ0) is 15.4. The summed E-state index contributed by atoms with van der Waals surface area (Å²) in [5, 5.41) is 7.67. The van der Waals surface area contributed by atoms with Crippen molar-refractivity contribution in [3.05, 3.63) is 47.5 Å². The average Bonchev–Trinajstić information content (AvgIpc) is 2.48. The molecule has 110 valence electrons. The summed E-state index contributed by atoms with van der Waals surface area (Å²) in [6, 6.07) is 10.8. The highest BCUT2D eigenvalue weighted by Gasteiger charge is 2.15. The number of nitrogens with two attached hydrogens (primary N) is 1. The van der Waals surface area contributed by atoms with Crippen LogP contribution in [0.5, 0.6) is 23.0 Å². The van der Waals surface area contributed by atoms with Gasteiger partial charge in [0.15, 0.2) is 11.5 Å². The molecule has 0 aromatic heterocycles. The van der Waals surface area contributed by atoms with Crippen LogP contribution in [-0.2, 0) is 0 Å². The van der Waals surface area contributed by atoms with E-state index < -0.39 is 0 Å². The zero-order valence-electron chi connectivity index (χ0n) is 12.3. The molecular weight excluding hydrogens is 268 g/mol. The normalized spacial score (nSPS) is 10.0. The molecule has 0 atom stereocenters. The Morgan fingerprint density at radius 1 is 1.00 bits per heavy atom. The predicted molar refractivity (Wildman–Crippen MR) is 81.8 cm³/mol. The van der Waals surface area contributed by atoms with Crippen LogP contribution in [0.25, 0.3) is 0 Å². The molecule has 0 saturated carbocycles. The molecule has 0 aliphatic heterocycles. The highest BCUT2D eigenvalue weighted by Crippen LogP contribution is 2.40. The predicted octanol–water partition coefficient (Wildman–Crippen LogP) is 3.09. The third-order valence-corrected chi connectivity index (χ3v) is 3.02. The number of nitrogen functional groups attached to an aromatic ring is 1. The van der Waals surface area contributed by atoms with Crippen molar-refractivity contribution in [3.8, 4) is 23.0 Å². The van der Waals surface area contributed by atoms with Crippen LogP contribution in [0.3, 0.4) is 0 Å². The van der Waals surface area contributed by atoms with Gasteiger partial charge >= 0.3 is 0 Å². The Bertz CT molecular complexity index is 646. The lowest BCUT2D eigenvalue weighted by molar-refractivity contribution is 0.346. The number of rotatable bonds is 5. The summed E-state index contributed by atoms with van der Waals surface area (Å²) in [6.45, 7) is 1.93. The topological polar surface area (TPSA) is 77.6 Å². The van der Waals surface area contributed by atoms with E-state index in [1.165, 1.54) is 0 Å². The van der Waals surface area contributed by atoms with Gasteiger partial charge in [0.25, 0.3) is 0 Å². The van der Waals surface area contributed by atoms with E-state index in [-0.39, 0.29) is 5.84 Å². The molecule has 2 aromatic rings. The van der Waals surface area contributed by atoms with Gasteiger partial charge in [0.1, 0.15) is 11.6 Å². The van der Waals surface area contributed by atoms with E-state index in [0.29, 0.717) is 28.6 Å². The molecule has 2 aromatic carbocycles. The molecule has 0 unspecified atom stereocenters. The highest BCUT2D eigenvalue weighted by atomic mass is 16.5. The van der Waals surface area contributed by atoms with Crippen molar-refractivity contribution >= 4 is 5.84 Å². The highest BCUT2D eigenvalue weighted by molar-refractivity contribution is 5.98. The first-order valence-electron chi connectivity index (χ1n) is 6.40. The summed E-state index contributed by atoms with van der Waals surface area (Å²) < 4.78 is 16.5. The fourth-order valence-corrected chi connectivity index (χ4v) is 1.97. The van der Waals surface area contributed by atoms with E-state index >= 15 is 0 Å². The quantitative estimate of drug-likeness (QED) is 0.654. The van der Waals surface area contributed by atoms with E-state index in [1.54, 1.807) is 38.5 Å². The molecule has 5 heteroatoms. The number of para-hydroxylation sites is 1. The second-order valence-corrected chi connectivity index (χ2v) is 4.51. The molecule has 0 aliphatic rings. The largest absolute Gasteiger partial charge is 0.493 e. The minimum atomic E-state index is -0.0532. The van der Waals surface area contributed by atoms with Crippen molar-refractivity contribution in [2.45, 2.75) is 6.92 Å². The molecule has 0 spiro atoms. The first-order valence-corrected chi connectivity index (χ1v) is 6.40. The van der Waals surface area contributed by atoms with Gasteiger partial charge in [-0.05, 0) is 31.2 Å². The van der Waals surface area contributed by atoms with E-state index in [9.17, 15) is 0 Å². The van der Waals surface area contributed by atoms with Gasteiger partial charge in [0.05, 0.1) is 19.8 Å². The summed E-state index contributed by atoms with van der Waals surface area (Å²) >= 11 is 0. The van der Waals surface area contributed by atoms with E-state index in [0.717, 1.165) is 5.56 Å². The Labute approximate surface area is 123 Å². The third kappa shape index (κ3) is 3.08. The average molecular weight is 286 g/mol. The zero-order valence-corrected chi connectivity index (χ0v) is 12.3. The van der Waals surface area contributed by atoms with Crippen molar-refractivity contribution in [2.24, 2.45) is 5.73 Å². The van der Waals surface area contributed by atoms with Crippen LogP contribution in [-0.4, -0.2) is 20.1 Å². The first-order chi connectivity index (χ1) is 10.1. The number of ether oxygens (including phenoxy) is 3. The van der Waals surface area contributed by atoms with Crippen molar-refractivity contribution in [3.63, 3.8) is 0 Å². The lowest BCUT2D eigenvalue weighted by Crippen LogP contribution is -2.12. The van der Waals surface area contributed by atoms with Crippen LogP contribution >= 0.6 is 0 Å². The molecule has 21 heavy (non-hydrogen) atoms. The molecule has 3 N–H and O–H groups in total. The number of methoxy groups -OCH3 is 2. The van der Waals surface area contributed by atoms with E-state index in [1.807, 2.05) is 19.1 Å². The lowest BCUT2D eigenvalue weighted by Gasteiger charge is -2.16. The smallest absolute Gasteiger partial charge is 0.211 e. The molecule has 0 aliphatic carbocycles. The molecular formula is C16H18N2O3. The standard InChI is InChI=1S/C16H18N2O3/c1-10-7-8-12(11(9-10)16(17)18)21-15-13(19-2)5-4-6-14(15)20-3/h4-9H,1-3H3,(H3,17,18). The number of benzene rings is 2. The van der Waals surface area contributed by atoms with Crippen LogP contribution in [0.15, 0.2) is 36.4 Å². The first kappa shape index (κ1) is 14.7. The fraction of sp³-hybridized carbons (Fsp3) is 0.188. The molecule has 0 fully saturated rings. The lowest BCUT2D eigenvalue weighted by atomic mass is 10.1. The van der Waals surface area contributed by atoms with Crippen LogP contribution < -0.4 is 19.9 Å². The van der Waals surface area contributed by atoms with Gasteiger partial charge in [-0.25, -0.2) is 0 Å². The molecule has 0 radical (unpaired) electrons. The molecule has 0 saturated heterocycles. The Kier molecular flexibility index (Phi) is 4.33. The molecule has 0 bridgehead atoms. The van der Waals surface area contributed by atoms with Gasteiger partial charge in [-0.15, -0.1) is 0 Å². The summed E-state index contributed by atoms with van der Waals surface area (Å²) in [4.78, 5) is 0. The van der Waals surface area contributed by atoms with Gasteiger partial charge in [0.2, 0.25) is 5.75 Å². The molecule has 0 heterocycles. The van der Waals surface area contributed by atoms with Gasteiger partial charge in [-0.1, -0.05) is 17.7 Å². The molecule has 2 rings (SSSR count). The Morgan fingerprint density at radius 2 is 1.62 bits per heavy atom.